The van der Waals surface area contributed by atoms with E-state index in [0.717, 1.165) is 16.8 Å². The van der Waals surface area contributed by atoms with Crippen molar-refractivity contribution in [3.63, 3.8) is 0 Å². The summed E-state index contributed by atoms with van der Waals surface area (Å²) in [6.07, 6.45) is 1.61. The zero-order chi connectivity index (χ0) is 18.1. The second kappa shape index (κ2) is 6.65. The number of thiophene rings is 1. The normalized spacial score (nSPS) is 11.0. The number of benzene rings is 1. The van der Waals surface area contributed by atoms with Crippen LogP contribution in [0.3, 0.4) is 0 Å². The summed E-state index contributed by atoms with van der Waals surface area (Å²) in [6, 6.07) is 15.5. The lowest BCUT2D eigenvalue weighted by Gasteiger charge is -2.06. The van der Waals surface area contributed by atoms with Crippen molar-refractivity contribution >= 4 is 33.2 Å². The number of pyridine rings is 1. The van der Waals surface area contributed by atoms with Crippen molar-refractivity contribution in [2.24, 2.45) is 0 Å². The molecule has 3 aromatic heterocycles. The quantitative estimate of drug-likeness (QED) is 0.517. The number of esters is 1. The Kier molecular flexibility index (Phi) is 4.18. The lowest BCUT2D eigenvalue weighted by atomic mass is 10.0. The predicted octanol–water partition coefficient (Wildman–Crippen LogP) is 4.98. The molecule has 5 nitrogen and oxygen atoms in total. The Hall–Kier alpha value is -3.12. The van der Waals surface area contributed by atoms with E-state index in [-0.39, 0.29) is 0 Å². The molecule has 4 rings (SSSR count). The van der Waals surface area contributed by atoms with Gasteiger partial charge >= 0.3 is 5.97 Å². The number of nitrogen functional groups attached to an aromatic ring is 1. The number of furan rings is 1. The Labute approximate surface area is 154 Å². The summed E-state index contributed by atoms with van der Waals surface area (Å²) in [4.78, 5) is 18.0. The van der Waals surface area contributed by atoms with Crippen molar-refractivity contribution in [2.45, 2.75) is 6.92 Å². The lowest BCUT2D eigenvalue weighted by molar-refractivity contribution is 0.0533. The summed E-state index contributed by atoms with van der Waals surface area (Å²) in [6.45, 7) is 2.06. The maximum Gasteiger partial charge on any atom is 0.350 e. The van der Waals surface area contributed by atoms with E-state index in [0.29, 0.717) is 33.1 Å². The van der Waals surface area contributed by atoms with E-state index < -0.39 is 5.97 Å². The van der Waals surface area contributed by atoms with Crippen LogP contribution in [0.2, 0.25) is 0 Å². The topological polar surface area (TPSA) is 78.3 Å². The molecule has 26 heavy (non-hydrogen) atoms. The van der Waals surface area contributed by atoms with Crippen molar-refractivity contribution in [1.82, 2.24) is 4.98 Å². The fraction of sp³-hybridized carbons (Fsp3) is 0.100. The van der Waals surface area contributed by atoms with Crippen molar-refractivity contribution in [1.29, 1.82) is 0 Å². The van der Waals surface area contributed by atoms with Crippen molar-refractivity contribution in [2.75, 3.05) is 12.3 Å². The molecule has 3 heterocycles. The fourth-order valence-corrected chi connectivity index (χ4v) is 3.87. The summed E-state index contributed by atoms with van der Waals surface area (Å²) in [5.41, 5.74) is 9.25. The van der Waals surface area contributed by atoms with E-state index in [9.17, 15) is 4.79 Å². The first kappa shape index (κ1) is 16.4. The number of carbonyl (C=O) groups excluding carboxylic acids is 1. The number of nitrogens with zero attached hydrogens (tertiary/aromatic N) is 1. The maximum atomic E-state index is 12.2. The van der Waals surface area contributed by atoms with Crippen molar-refractivity contribution in [3.05, 3.63) is 59.7 Å². The monoisotopic (exact) mass is 364 g/mol. The zero-order valence-electron chi connectivity index (χ0n) is 14.1. The first-order valence-electron chi connectivity index (χ1n) is 8.18. The molecule has 0 atom stereocenters. The highest BCUT2D eigenvalue weighted by Gasteiger charge is 2.23. The summed E-state index contributed by atoms with van der Waals surface area (Å²) < 4.78 is 10.7. The van der Waals surface area contributed by atoms with Crippen LogP contribution in [-0.2, 0) is 4.74 Å². The SMILES string of the molecule is CCOC(=O)c1sc2nc(-c3ccccc3)cc(-c3ccco3)c2c1N. The highest BCUT2D eigenvalue weighted by Crippen LogP contribution is 2.41. The molecule has 0 radical (unpaired) electrons. The summed E-state index contributed by atoms with van der Waals surface area (Å²) in [5, 5.41) is 0.715. The third kappa shape index (κ3) is 2.74. The molecule has 0 aliphatic carbocycles. The molecule has 0 saturated carbocycles. The van der Waals surface area contributed by atoms with Gasteiger partial charge in [0, 0.05) is 16.5 Å². The van der Waals surface area contributed by atoms with E-state index in [1.54, 1.807) is 13.2 Å². The molecule has 6 heteroatoms. The minimum Gasteiger partial charge on any atom is -0.464 e. The molecule has 1 aromatic carbocycles. The summed E-state index contributed by atoms with van der Waals surface area (Å²) >= 11 is 1.24. The van der Waals surface area contributed by atoms with E-state index >= 15 is 0 Å². The minimum absolute atomic E-state index is 0.292. The third-order valence-electron chi connectivity index (χ3n) is 4.02. The standard InChI is InChI=1S/C20H16N2O3S/c1-2-24-20(23)18-17(21)16-13(15-9-6-10-25-15)11-14(22-19(16)26-18)12-7-4-3-5-8-12/h3-11H,2,21H2,1H3. The number of hydrogen-bond acceptors (Lipinski definition) is 6. The van der Waals surface area contributed by atoms with Gasteiger partial charge in [0.15, 0.2) is 0 Å². The van der Waals surface area contributed by atoms with Crippen LogP contribution in [0, 0.1) is 0 Å². The van der Waals surface area contributed by atoms with E-state index in [1.807, 2.05) is 48.5 Å². The Morgan fingerprint density at radius 1 is 1.23 bits per heavy atom. The van der Waals surface area contributed by atoms with Crippen LogP contribution in [0.4, 0.5) is 5.69 Å². The zero-order valence-corrected chi connectivity index (χ0v) is 14.9. The van der Waals surface area contributed by atoms with Gasteiger partial charge in [0.05, 0.1) is 24.3 Å². The number of aromatic nitrogens is 1. The predicted molar refractivity (Wildman–Crippen MR) is 103 cm³/mol. The second-order valence-corrected chi connectivity index (χ2v) is 6.64. The Balaban J connectivity index is 1.99. The van der Waals surface area contributed by atoms with Crippen LogP contribution in [0.1, 0.15) is 16.6 Å². The highest BCUT2D eigenvalue weighted by molar-refractivity contribution is 7.21. The molecule has 0 fully saturated rings. The van der Waals surface area contributed by atoms with Crippen LogP contribution in [-0.4, -0.2) is 17.6 Å². The molecule has 4 aromatic rings. The number of fused-ring (bicyclic) bond motifs is 1. The molecule has 0 amide bonds. The van der Waals surface area contributed by atoms with Gasteiger partial charge < -0.3 is 14.9 Å². The van der Waals surface area contributed by atoms with Crippen LogP contribution < -0.4 is 5.73 Å². The molecule has 0 spiro atoms. The van der Waals surface area contributed by atoms with Gasteiger partial charge in [-0.2, -0.15) is 0 Å². The van der Waals surface area contributed by atoms with Crippen LogP contribution in [0.25, 0.3) is 32.8 Å². The van der Waals surface area contributed by atoms with Gasteiger partial charge in [0.25, 0.3) is 0 Å². The average molecular weight is 364 g/mol. The number of carbonyl (C=O) groups is 1. The molecule has 2 N–H and O–H groups in total. The first-order valence-corrected chi connectivity index (χ1v) is 9.00. The highest BCUT2D eigenvalue weighted by atomic mass is 32.1. The van der Waals surface area contributed by atoms with Crippen molar-refractivity contribution < 1.29 is 13.9 Å². The van der Waals surface area contributed by atoms with Gasteiger partial charge in [-0.3, -0.25) is 0 Å². The molecule has 0 unspecified atom stereocenters. The Bertz CT molecular complexity index is 1070. The summed E-state index contributed by atoms with van der Waals surface area (Å²) in [7, 11) is 0. The van der Waals surface area contributed by atoms with Gasteiger partial charge in [-0.25, -0.2) is 9.78 Å². The van der Waals surface area contributed by atoms with Gasteiger partial charge in [-0.05, 0) is 25.1 Å². The van der Waals surface area contributed by atoms with Gasteiger partial charge in [-0.15, -0.1) is 11.3 Å². The lowest BCUT2D eigenvalue weighted by Crippen LogP contribution is -2.04. The molecular weight excluding hydrogens is 348 g/mol. The van der Waals surface area contributed by atoms with E-state index in [2.05, 4.69) is 0 Å². The van der Waals surface area contributed by atoms with Gasteiger partial charge in [0.1, 0.15) is 15.5 Å². The number of ether oxygens (including phenoxy) is 1. The molecule has 0 aliphatic rings. The minimum atomic E-state index is -0.431. The average Bonchev–Trinajstić information content (AvgIpc) is 3.30. The van der Waals surface area contributed by atoms with Crippen LogP contribution in [0.5, 0.6) is 0 Å². The number of rotatable bonds is 4. The molecule has 0 bridgehead atoms. The fourth-order valence-electron chi connectivity index (χ4n) is 2.85. The molecular formula is C20H16N2O3S. The van der Waals surface area contributed by atoms with E-state index in [4.69, 9.17) is 19.9 Å². The third-order valence-corrected chi connectivity index (χ3v) is 5.10. The molecule has 130 valence electrons. The van der Waals surface area contributed by atoms with Crippen molar-refractivity contribution in [3.8, 4) is 22.6 Å². The number of nitrogens with two attached hydrogens (primary N) is 1. The van der Waals surface area contributed by atoms with Gasteiger partial charge in [-0.1, -0.05) is 30.3 Å². The summed E-state index contributed by atoms with van der Waals surface area (Å²) in [5.74, 6) is 0.245. The smallest absolute Gasteiger partial charge is 0.350 e. The Morgan fingerprint density at radius 2 is 2.04 bits per heavy atom. The Morgan fingerprint density at radius 3 is 2.73 bits per heavy atom. The number of hydrogen-bond donors (Lipinski definition) is 1. The maximum absolute atomic E-state index is 12.2. The largest absolute Gasteiger partial charge is 0.464 e. The number of anilines is 1. The molecule has 0 saturated heterocycles. The van der Waals surface area contributed by atoms with Gasteiger partial charge in [0.2, 0.25) is 0 Å². The molecule has 0 aliphatic heterocycles. The van der Waals surface area contributed by atoms with E-state index in [1.165, 1.54) is 11.3 Å². The second-order valence-electron chi connectivity index (χ2n) is 5.64. The van der Waals surface area contributed by atoms with Crippen LogP contribution >= 0.6 is 11.3 Å². The van der Waals surface area contributed by atoms with Crippen LogP contribution in [0.15, 0.2) is 59.2 Å². The first-order chi connectivity index (χ1) is 12.7.